The average molecular weight is 146 g/mol. The molecule has 0 bridgehead atoms. The number of nitrogens with zero attached hydrogens (tertiary/aromatic N) is 1. The first-order chi connectivity index (χ1) is 4.70. The first-order valence-electron chi connectivity index (χ1n) is 2.65. The topological polar surface area (TPSA) is 78.9 Å². The first-order valence-corrected chi connectivity index (χ1v) is 2.65. The highest BCUT2D eigenvalue weighted by Crippen LogP contribution is 2.01. The van der Waals surface area contributed by atoms with E-state index in [1.54, 1.807) is 5.43 Å². The Morgan fingerprint density at radius 3 is 2.90 bits per heavy atom. The lowest BCUT2D eigenvalue weighted by Crippen LogP contribution is -2.41. The van der Waals surface area contributed by atoms with E-state index in [9.17, 15) is 9.59 Å². The Morgan fingerprint density at radius 2 is 2.50 bits per heavy atom. The first kappa shape index (κ1) is 6.81. The molecule has 1 fully saturated rings. The fourth-order valence-corrected chi connectivity index (χ4v) is 0.579. The summed E-state index contributed by atoms with van der Waals surface area (Å²) in [6.45, 7) is 0.235. The maximum Gasteiger partial charge on any atom is 0.425 e. The summed E-state index contributed by atoms with van der Waals surface area (Å²) in [5.41, 5.74) is 1.77. The standard InChI is InChI=1S/C4H6N2O4/c7-3-1-2-10-6(3)5-4(8)9/h5H,1-2H2,(H,8,9). The summed E-state index contributed by atoms with van der Waals surface area (Å²) < 4.78 is 0. The zero-order valence-corrected chi connectivity index (χ0v) is 5.03. The predicted molar refractivity (Wildman–Crippen MR) is 28.6 cm³/mol. The SMILES string of the molecule is O=C(O)NN1OCCC1=O. The summed E-state index contributed by atoms with van der Waals surface area (Å²) in [4.78, 5) is 25.1. The van der Waals surface area contributed by atoms with Crippen LogP contribution >= 0.6 is 0 Å². The van der Waals surface area contributed by atoms with Crippen molar-refractivity contribution >= 4 is 12.0 Å². The van der Waals surface area contributed by atoms with Crippen LogP contribution in [0.1, 0.15) is 6.42 Å². The summed E-state index contributed by atoms with van der Waals surface area (Å²) in [5, 5.41) is 8.72. The minimum absolute atomic E-state index is 0.222. The monoisotopic (exact) mass is 146 g/mol. The summed E-state index contributed by atoms with van der Waals surface area (Å²) in [5.74, 6) is -0.373. The van der Waals surface area contributed by atoms with Crippen molar-refractivity contribution in [2.45, 2.75) is 6.42 Å². The molecule has 1 saturated heterocycles. The lowest BCUT2D eigenvalue weighted by atomic mass is 10.5. The van der Waals surface area contributed by atoms with Crippen LogP contribution in [0.15, 0.2) is 0 Å². The summed E-state index contributed by atoms with van der Waals surface area (Å²) in [6.07, 6.45) is -1.09. The van der Waals surface area contributed by atoms with Crippen molar-refractivity contribution < 1.29 is 19.5 Å². The number of hydroxylamine groups is 1. The average Bonchev–Trinajstić information content (AvgIpc) is 2.15. The second kappa shape index (κ2) is 2.53. The van der Waals surface area contributed by atoms with Crippen LogP contribution in [0.2, 0.25) is 0 Å². The Bertz CT molecular complexity index is 169. The van der Waals surface area contributed by atoms with Crippen molar-refractivity contribution in [3.63, 3.8) is 0 Å². The molecule has 0 aromatic carbocycles. The summed E-state index contributed by atoms with van der Waals surface area (Å²) in [7, 11) is 0. The molecule has 0 radical (unpaired) electrons. The van der Waals surface area contributed by atoms with Crippen LogP contribution in [-0.4, -0.2) is 28.9 Å². The molecule has 1 rings (SSSR count). The Balaban J connectivity index is 2.40. The zero-order chi connectivity index (χ0) is 7.56. The number of nitrogens with one attached hydrogen (secondary N) is 1. The van der Waals surface area contributed by atoms with Crippen molar-refractivity contribution in [3.8, 4) is 0 Å². The van der Waals surface area contributed by atoms with Crippen LogP contribution in [0, 0.1) is 0 Å². The van der Waals surface area contributed by atoms with Gasteiger partial charge in [0.15, 0.2) is 0 Å². The van der Waals surface area contributed by atoms with Crippen LogP contribution in [0.4, 0.5) is 4.79 Å². The van der Waals surface area contributed by atoms with E-state index >= 15 is 0 Å². The second-order valence-corrected chi connectivity index (χ2v) is 1.69. The Morgan fingerprint density at radius 1 is 1.80 bits per heavy atom. The third-order valence-electron chi connectivity index (χ3n) is 0.960. The quantitative estimate of drug-likeness (QED) is 0.514. The molecule has 0 atom stereocenters. The van der Waals surface area contributed by atoms with Gasteiger partial charge in [-0.2, -0.15) is 0 Å². The number of rotatable bonds is 1. The van der Waals surface area contributed by atoms with Gasteiger partial charge in [0.25, 0.3) is 5.91 Å². The number of amides is 2. The minimum atomic E-state index is -1.31. The second-order valence-electron chi connectivity index (χ2n) is 1.69. The summed E-state index contributed by atoms with van der Waals surface area (Å²) >= 11 is 0. The van der Waals surface area contributed by atoms with E-state index in [-0.39, 0.29) is 18.9 Å². The summed E-state index contributed by atoms with van der Waals surface area (Å²) in [6, 6.07) is 0. The normalized spacial score (nSPS) is 17.6. The molecule has 0 saturated carbocycles. The molecule has 1 aliphatic rings. The fourth-order valence-electron chi connectivity index (χ4n) is 0.579. The van der Waals surface area contributed by atoms with E-state index < -0.39 is 6.09 Å². The number of hydrogen-bond acceptors (Lipinski definition) is 3. The Labute approximate surface area is 56.3 Å². The van der Waals surface area contributed by atoms with Gasteiger partial charge in [-0.1, -0.05) is 0 Å². The van der Waals surface area contributed by atoms with Crippen LogP contribution in [-0.2, 0) is 9.63 Å². The molecule has 2 amide bonds. The van der Waals surface area contributed by atoms with E-state index in [2.05, 4.69) is 4.84 Å². The molecule has 0 aliphatic carbocycles. The maximum absolute atomic E-state index is 10.6. The van der Waals surface area contributed by atoms with Crippen LogP contribution in [0.5, 0.6) is 0 Å². The highest BCUT2D eigenvalue weighted by Gasteiger charge is 2.22. The van der Waals surface area contributed by atoms with E-state index in [1.165, 1.54) is 0 Å². The smallest absolute Gasteiger partial charge is 0.425 e. The lowest BCUT2D eigenvalue weighted by Gasteiger charge is -2.10. The van der Waals surface area contributed by atoms with Crippen LogP contribution < -0.4 is 5.43 Å². The van der Waals surface area contributed by atoms with Gasteiger partial charge >= 0.3 is 6.09 Å². The van der Waals surface area contributed by atoms with Gasteiger partial charge in [-0.05, 0) is 0 Å². The molecule has 56 valence electrons. The van der Waals surface area contributed by atoms with E-state index in [0.29, 0.717) is 5.17 Å². The van der Waals surface area contributed by atoms with Gasteiger partial charge in [0.1, 0.15) is 0 Å². The minimum Gasteiger partial charge on any atom is -0.464 e. The van der Waals surface area contributed by atoms with Crippen molar-refractivity contribution in [1.29, 1.82) is 0 Å². The molecule has 6 heteroatoms. The van der Waals surface area contributed by atoms with Crippen LogP contribution in [0.25, 0.3) is 0 Å². The number of carbonyl (C=O) groups is 2. The zero-order valence-electron chi connectivity index (χ0n) is 5.03. The van der Waals surface area contributed by atoms with Gasteiger partial charge in [-0.25, -0.2) is 10.2 Å². The van der Waals surface area contributed by atoms with Gasteiger partial charge in [0.2, 0.25) is 0 Å². The van der Waals surface area contributed by atoms with Gasteiger partial charge in [0, 0.05) is 0 Å². The predicted octanol–water partition coefficient (Wildman–Crippen LogP) is -0.667. The van der Waals surface area contributed by atoms with Crippen molar-refractivity contribution in [2.75, 3.05) is 6.61 Å². The molecule has 1 aliphatic heterocycles. The number of hydrazine groups is 1. The van der Waals surface area contributed by atoms with Crippen molar-refractivity contribution in [2.24, 2.45) is 0 Å². The Kier molecular flexibility index (Phi) is 1.72. The highest BCUT2D eigenvalue weighted by atomic mass is 16.7. The molecule has 0 spiro atoms. The molecule has 10 heavy (non-hydrogen) atoms. The largest absolute Gasteiger partial charge is 0.464 e. The molecule has 0 unspecified atom stereocenters. The third-order valence-corrected chi connectivity index (χ3v) is 0.960. The molecule has 0 aromatic rings. The van der Waals surface area contributed by atoms with Gasteiger partial charge in [-0.15, -0.1) is 5.17 Å². The highest BCUT2D eigenvalue weighted by molar-refractivity contribution is 5.78. The molecule has 0 aromatic heterocycles. The van der Waals surface area contributed by atoms with Crippen LogP contribution in [0.3, 0.4) is 0 Å². The third kappa shape index (κ3) is 1.35. The van der Waals surface area contributed by atoms with Gasteiger partial charge < -0.3 is 5.11 Å². The van der Waals surface area contributed by atoms with Gasteiger partial charge in [-0.3, -0.25) is 9.63 Å². The lowest BCUT2D eigenvalue weighted by molar-refractivity contribution is -0.174. The van der Waals surface area contributed by atoms with E-state index in [1.807, 2.05) is 0 Å². The van der Waals surface area contributed by atoms with Crippen molar-refractivity contribution in [3.05, 3.63) is 0 Å². The molecule has 1 heterocycles. The number of carboxylic acid groups (broad SMARTS) is 1. The van der Waals surface area contributed by atoms with E-state index in [4.69, 9.17) is 5.11 Å². The van der Waals surface area contributed by atoms with Gasteiger partial charge in [0.05, 0.1) is 13.0 Å². The molecular formula is C4H6N2O4. The molecule has 2 N–H and O–H groups in total. The number of carbonyl (C=O) groups excluding carboxylic acids is 1. The fraction of sp³-hybridized carbons (Fsp3) is 0.500. The van der Waals surface area contributed by atoms with Crippen molar-refractivity contribution in [1.82, 2.24) is 10.6 Å². The van der Waals surface area contributed by atoms with E-state index in [0.717, 1.165) is 0 Å². The molecule has 6 nitrogen and oxygen atoms in total. The maximum atomic E-state index is 10.6. The molecular weight excluding hydrogens is 140 g/mol. The number of hydrogen-bond donors (Lipinski definition) is 2. The Hall–Kier alpha value is -1.30.